The first-order valence-electron chi connectivity index (χ1n) is 11.6. The van der Waals surface area contributed by atoms with Gasteiger partial charge in [-0.15, -0.1) is 0 Å². The Morgan fingerprint density at radius 1 is 1.00 bits per heavy atom. The van der Waals surface area contributed by atoms with E-state index in [4.69, 9.17) is 0 Å². The highest BCUT2D eigenvalue weighted by atomic mass is 32.2. The molecule has 0 aliphatic rings. The second-order valence-corrected chi connectivity index (χ2v) is 10.9. The minimum absolute atomic E-state index is 0.202. The molecule has 2 aromatic rings. The van der Waals surface area contributed by atoms with Crippen LogP contribution in [0.3, 0.4) is 0 Å². The highest BCUT2D eigenvalue weighted by Gasteiger charge is 2.30. The average Bonchev–Trinajstić information content (AvgIpc) is 2.73. The summed E-state index contributed by atoms with van der Waals surface area (Å²) in [6.45, 7) is 9.78. The number of unbranched alkanes of at least 4 members (excludes halogenated alkanes) is 1. The van der Waals surface area contributed by atoms with E-state index in [1.807, 2.05) is 58.0 Å². The van der Waals surface area contributed by atoms with E-state index in [9.17, 15) is 18.0 Å². The molecule has 0 aliphatic carbocycles. The van der Waals surface area contributed by atoms with E-state index in [1.165, 1.54) is 4.90 Å². The van der Waals surface area contributed by atoms with Gasteiger partial charge in [-0.25, -0.2) is 8.42 Å². The van der Waals surface area contributed by atoms with Crippen LogP contribution in [0.25, 0.3) is 0 Å². The molecule has 1 atom stereocenters. The molecule has 0 fully saturated rings. The molecule has 0 saturated carbocycles. The van der Waals surface area contributed by atoms with E-state index >= 15 is 0 Å². The van der Waals surface area contributed by atoms with Crippen LogP contribution in [0.1, 0.15) is 48.9 Å². The zero-order valence-electron chi connectivity index (χ0n) is 21.1. The Kier molecular flexibility index (Phi) is 9.67. The summed E-state index contributed by atoms with van der Waals surface area (Å²) in [4.78, 5) is 27.8. The molecular formula is C26H37N3O4S. The summed E-state index contributed by atoms with van der Waals surface area (Å²) in [5, 5.41) is 2.88. The maximum Gasteiger partial charge on any atom is 0.244 e. The summed E-state index contributed by atoms with van der Waals surface area (Å²) >= 11 is 0. The quantitative estimate of drug-likeness (QED) is 0.490. The molecule has 0 radical (unpaired) electrons. The first kappa shape index (κ1) is 27.4. The highest BCUT2D eigenvalue weighted by molar-refractivity contribution is 7.92. The van der Waals surface area contributed by atoms with Crippen LogP contribution in [-0.2, 0) is 26.2 Å². The number of carbonyl (C=O) groups excluding carboxylic acids is 2. The van der Waals surface area contributed by atoms with Crippen molar-refractivity contribution in [3.05, 3.63) is 64.7 Å². The number of anilines is 1. The molecule has 2 rings (SSSR count). The van der Waals surface area contributed by atoms with Gasteiger partial charge in [0.2, 0.25) is 21.8 Å². The van der Waals surface area contributed by atoms with Crippen molar-refractivity contribution in [1.29, 1.82) is 0 Å². The third kappa shape index (κ3) is 7.87. The topological polar surface area (TPSA) is 86.8 Å². The molecule has 0 unspecified atom stereocenters. The number of carbonyl (C=O) groups is 2. The summed E-state index contributed by atoms with van der Waals surface area (Å²) in [6, 6.07) is 12.4. The number of rotatable bonds is 11. The lowest BCUT2D eigenvalue weighted by atomic mass is 10.1. The van der Waals surface area contributed by atoms with Crippen LogP contribution < -0.4 is 9.62 Å². The van der Waals surface area contributed by atoms with Gasteiger partial charge in [-0.1, -0.05) is 49.2 Å². The fourth-order valence-electron chi connectivity index (χ4n) is 3.83. The Hall–Kier alpha value is -2.87. The summed E-state index contributed by atoms with van der Waals surface area (Å²) in [6.07, 6.45) is 2.88. The number of nitrogens with zero attached hydrogens (tertiary/aromatic N) is 2. The molecular weight excluding hydrogens is 450 g/mol. The lowest BCUT2D eigenvalue weighted by Crippen LogP contribution is -2.51. The van der Waals surface area contributed by atoms with Crippen molar-refractivity contribution in [1.82, 2.24) is 10.2 Å². The number of benzene rings is 2. The van der Waals surface area contributed by atoms with E-state index in [0.717, 1.165) is 45.7 Å². The van der Waals surface area contributed by atoms with Crippen LogP contribution in [0.2, 0.25) is 0 Å². The van der Waals surface area contributed by atoms with Crippen LogP contribution in [0.5, 0.6) is 0 Å². The largest absolute Gasteiger partial charge is 0.354 e. The van der Waals surface area contributed by atoms with Gasteiger partial charge in [0, 0.05) is 13.1 Å². The molecule has 0 heterocycles. The number of hydrogen-bond donors (Lipinski definition) is 1. The van der Waals surface area contributed by atoms with Crippen molar-refractivity contribution in [3.8, 4) is 0 Å². The van der Waals surface area contributed by atoms with Crippen molar-refractivity contribution in [2.45, 2.75) is 60.0 Å². The standard InChI is InChI=1S/C26H37N3O4S/c1-7-8-12-27-26(31)22(5)28(17-23-11-9-10-19(2)14-23)25(30)18-29(34(6,32)33)24-15-20(3)13-21(4)16-24/h9-11,13-16,22H,7-8,12,17-18H2,1-6H3,(H,27,31)/t22-/m1/s1. The average molecular weight is 488 g/mol. The zero-order valence-corrected chi connectivity index (χ0v) is 21.9. The molecule has 1 N–H and O–H groups in total. The minimum atomic E-state index is -3.74. The lowest BCUT2D eigenvalue weighted by molar-refractivity contribution is -0.139. The second kappa shape index (κ2) is 12.0. The van der Waals surface area contributed by atoms with E-state index in [-0.39, 0.29) is 19.0 Å². The lowest BCUT2D eigenvalue weighted by Gasteiger charge is -2.31. The van der Waals surface area contributed by atoms with Gasteiger partial charge in [0.15, 0.2) is 0 Å². The fraction of sp³-hybridized carbons (Fsp3) is 0.462. The van der Waals surface area contributed by atoms with Crippen molar-refractivity contribution < 1.29 is 18.0 Å². The number of nitrogens with one attached hydrogen (secondary N) is 1. The molecule has 34 heavy (non-hydrogen) atoms. The third-order valence-electron chi connectivity index (χ3n) is 5.61. The van der Waals surface area contributed by atoms with E-state index in [1.54, 1.807) is 19.1 Å². The molecule has 8 heteroatoms. The van der Waals surface area contributed by atoms with Crippen LogP contribution in [0, 0.1) is 20.8 Å². The second-order valence-electron chi connectivity index (χ2n) is 8.95. The summed E-state index contributed by atoms with van der Waals surface area (Å²) in [5.41, 5.74) is 4.15. The van der Waals surface area contributed by atoms with Crippen molar-refractivity contribution >= 4 is 27.5 Å². The van der Waals surface area contributed by atoms with Gasteiger partial charge >= 0.3 is 0 Å². The third-order valence-corrected chi connectivity index (χ3v) is 6.75. The van der Waals surface area contributed by atoms with Crippen LogP contribution in [-0.4, -0.2) is 50.5 Å². The Morgan fingerprint density at radius 3 is 2.21 bits per heavy atom. The molecule has 0 bridgehead atoms. The predicted molar refractivity (Wildman–Crippen MR) is 137 cm³/mol. The van der Waals surface area contributed by atoms with Gasteiger partial charge in [-0.3, -0.25) is 13.9 Å². The van der Waals surface area contributed by atoms with Crippen LogP contribution in [0.4, 0.5) is 5.69 Å². The molecule has 0 spiro atoms. The van der Waals surface area contributed by atoms with Crippen LogP contribution in [0.15, 0.2) is 42.5 Å². The first-order chi connectivity index (χ1) is 15.9. The SMILES string of the molecule is CCCCNC(=O)[C@@H](C)N(Cc1cccc(C)c1)C(=O)CN(c1cc(C)cc(C)c1)S(C)(=O)=O. The van der Waals surface area contributed by atoms with Crippen molar-refractivity contribution in [2.24, 2.45) is 0 Å². The Balaban J connectivity index is 2.38. The number of hydrogen-bond acceptors (Lipinski definition) is 4. The smallest absolute Gasteiger partial charge is 0.244 e. The Labute approximate surface area is 204 Å². The maximum atomic E-state index is 13.5. The number of sulfonamides is 1. The molecule has 2 aromatic carbocycles. The van der Waals surface area contributed by atoms with Gasteiger partial charge < -0.3 is 10.2 Å². The molecule has 186 valence electrons. The van der Waals surface area contributed by atoms with E-state index < -0.39 is 22.0 Å². The zero-order chi connectivity index (χ0) is 25.5. The van der Waals surface area contributed by atoms with Gasteiger partial charge in [-0.05, 0) is 62.9 Å². The summed E-state index contributed by atoms with van der Waals surface area (Å²) < 4.78 is 26.5. The Bertz CT molecular complexity index is 1090. The number of aryl methyl sites for hydroxylation is 3. The maximum absolute atomic E-state index is 13.5. The van der Waals surface area contributed by atoms with Gasteiger partial charge in [-0.2, -0.15) is 0 Å². The van der Waals surface area contributed by atoms with Crippen molar-refractivity contribution in [3.63, 3.8) is 0 Å². The monoisotopic (exact) mass is 487 g/mol. The van der Waals surface area contributed by atoms with Gasteiger partial charge in [0.05, 0.1) is 11.9 Å². The molecule has 0 aliphatic heterocycles. The first-order valence-corrected chi connectivity index (χ1v) is 13.5. The van der Waals surface area contributed by atoms with Gasteiger partial charge in [0.25, 0.3) is 0 Å². The van der Waals surface area contributed by atoms with Gasteiger partial charge in [0.1, 0.15) is 12.6 Å². The van der Waals surface area contributed by atoms with Crippen LogP contribution >= 0.6 is 0 Å². The molecule has 0 saturated heterocycles. The Morgan fingerprint density at radius 2 is 1.65 bits per heavy atom. The molecule has 7 nitrogen and oxygen atoms in total. The summed E-state index contributed by atoms with van der Waals surface area (Å²) in [7, 11) is -3.74. The summed E-state index contributed by atoms with van der Waals surface area (Å²) in [5.74, 6) is -0.698. The fourth-order valence-corrected chi connectivity index (χ4v) is 4.67. The van der Waals surface area contributed by atoms with E-state index in [2.05, 4.69) is 5.32 Å². The highest BCUT2D eigenvalue weighted by Crippen LogP contribution is 2.22. The van der Waals surface area contributed by atoms with Crippen molar-refractivity contribution in [2.75, 3.05) is 23.7 Å². The number of amides is 2. The normalized spacial score (nSPS) is 12.2. The minimum Gasteiger partial charge on any atom is -0.354 e. The van der Waals surface area contributed by atoms with E-state index in [0.29, 0.717) is 12.2 Å². The molecule has 2 amide bonds. The molecule has 0 aromatic heterocycles. The predicted octanol–water partition coefficient (Wildman–Crippen LogP) is 3.71.